The lowest BCUT2D eigenvalue weighted by molar-refractivity contribution is -0.385. The van der Waals surface area contributed by atoms with Gasteiger partial charge in [-0.2, -0.15) is 0 Å². The highest BCUT2D eigenvalue weighted by Crippen LogP contribution is 2.30. The maximum atomic E-state index is 10.9. The zero-order valence-electron chi connectivity index (χ0n) is 9.89. The van der Waals surface area contributed by atoms with Crippen molar-refractivity contribution in [3.8, 4) is 5.75 Å². The summed E-state index contributed by atoms with van der Waals surface area (Å²) in [7, 11) is 0. The van der Waals surface area contributed by atoms with E-state index in [0.717, 1.165) is 30.4 Å². The summed E-state index contributed by atoms with van der Waals surface area (Å²) >= 11 is 3.30. The Morgan fingerprint density at radius 1 is 1.44 bits per heavy atom. The summed E-state index contributed by atoms with van der Waals surface area (Å²) in [6.07, 6.45) is 2.11. The zero-order chi connectivity index (χ0) is 13.0. The minimum Gasteiger partial charge on any atom is -0.486 e. The molecule has 0 unspecified atom stereocenters. The molecule has 2 rings (SSSR count). The van der Waals surface area contributed by atoms with Gasteiger partial charge >= 0.3 is 5.69 Å². The van der Waals surface area contributed by atoms with Crippen molar-refractivity contribution in [2.45, 2.75) is 12.8 Å². The van der Waals surface area contributed by atoms with Gasteiger partial charge in [0.1, 0.15) is 0 Å². The molecule has 98 valence electrons. The number of halogens is 1. The highest BCUT2D eigenvalue weighted by Gasteiger charge is 2.18. The van der Waals surface area contributed by atoms with Gasteiger partial charge in [-0.25, -0.2) is 0 Å². The monoisotopic (exact) mass is 314 g/mol. The van der Waals surface area contributed by atoms with Gasteiger partial charge in [-0.3, -0.25) is 10.1 Å². The molecule has 0 radical (unpaired) electrons. The number of piperidine rings is 1. The second-order valence-corrected chi connectivity index (χ2v) is 5.29. The molecular weight excluding hydrogens is 300 g/mol. The van der Waals surface area contributed by atoms with Crippen LogP contribution in [-0.4, -0.2) is 24.6 Å². The number of ether oxygens (including phenoxy) is 1. The van der Waals surface area contributed by atoms with E-state index in [4.69, 9.17) is 4.74 Å². The van der Waals surface area contributed by atoms with Gasteiger partial charge in [0.2, 0.25) is 0 Å². The van der Waals surface area contributed by atoms with Crippen molar-refractivity contribution in [3.63, 3.8) is 0 Å². The third kappa shape index (κ3) is 3.43. The van der Waals surface area contributed by atoms with Crippen LogP contribution < -0.4 is 10.1 Å². The number of nitro benzene ring substituents is 1. The second-order valence-electron chi connectivity index (χ2n) is 4.37. The van der Waals surface area contributed by atoms with Crippen LogP contribution in [0.4, 0.5) is 5.69 Å². The van der Waals surface area contributed by atoms with Crippen LogP contribution in [0.5, 0.6) is 5.75 Å². The molecule has 18 heavy (non-hydrogen) atoms. The van der Waals surface area contributed by atoms with Gasteiger partial charge in [0.15, 0.2) is 5.75 Å². The Morgan fingerprint density at radius 3 is 2.83 bits per heavy atom. The van der Waals surface area contributed by atoms with Crippen molar-refractivity contribution >= 4 is 21.6 Å². The molecule has 1 aromatic rings. The Bertz CT molecular complexity index is 433. The molecule has 1 aromatic carbocycles. The number of hydrogen-bond donors (Lipinski definition) is 1. The van der Waals surface area contributed by atoms with Crippen LogP contribution in [0.25, 0.3) is 0 Å². The highest BCUT2D eigenvalue weighted by molar-refractivity contribution is 9.10. The fraction of sp³-hybridized carbons (Fsp3) is 0.500. The van der Waals surface area contributed by atoms with Crippen molar-refractivity contribution in [3.05, 3.63) is 32.8 Å². The Morgan fingerprint density at radius 2 is 2.17 bits per heavy atom. The van der Waals surface area contributed by atoms with E-state index < -0.39 is 4.92 Å². The normalized spacial score (nSPS) is 16.5. The molecule has 1 aliphatic rings. The first kappa shape index (κ1) is 13.3. The number of nitrogens with zero attached hydrogens (tertiary/aromatic N) is 1. The largest absolute Gasteiger partial charge is 0.486 e. The number of hydrogen-bond acceptors (Lipinski definition) is 4. The number of nitrogens with one attached hydrogen (secondary N) is 1. The van der Waals surface area contributed by atoms with Gasteiger partial charge in [-0.1, -0.05) is 15.9 Å². The van der Waals surface area contributed by atoms with Gasteiger partial charge in [0, 0.05) is 16.6 Å². The van der Waals surface area contributed by atoms with Crippen molar-refractivity contribution < 1.29 is 9.66 Å². The van der Waals surface area contributed by atoms with Crippen LogP contribution in [-0.2, 0) is 0 Å². The zero-order valence-corrected chi connectivity index (χ0v) is 11.5. The van der Waals surface area contributed by atoms with E-state index in [-0.39, 0.29) is 5.69 Å². The Hall–Kier alpha value is -1.14. The lowest BCUT2D eigenvalue weighted by atomic mass is 9.99. The molecule has 0 aliphatic carbocycles. The third-order valence-electron chi connectivity index (χ3n) is 3.05. The maximum Gasteiger partial charge on any atom is 0.310 e. The fourth-order valence-electron chi connectivity index (χ4n) is 2.01. The van der Waals surface area contributed by atoms with Crippen LogP contribution in [0.1, 0.15) is 12.8 Å². The van der Waals surface area contributed by atoms with Crippen LogP contribution in [0, 0.1) is 16.0 Å². The Labute approximate surface area is 114 Å². The highest BCUT2D eigenvalue weighted by atomic mass is 79.9. The van der Waals surface area contributed by atoms with E-state index in [1.807, 2.05) is 0 Å². The van der Waals surface area contributed by atoms with Gasteiger partial charge in [-0.15, -0.1) is 0 Å². The minimum atomic E-state index is -0.413. The van der Waals surface area contributed by atoms with Gasteiger partial charge in [-0.05, 0) is 37.9 Å². The molecule has 5 nitrogen and oxygen atoms in total. The van der Waals surface area contributed by atoms with E-state index in [1.165, 1.54) is 6.07 Å². The predicted octanol–water partition coefficient (Wildman–Crippen LogP) is 2.74. The summed E-state index contributed by atoms with van der Waals surface area (Å²) in [6, 6.07) is 4.76. The lowest BCUT2D eigenvalue weighted by Crippen LogP contribution is -2.30. The molecule has 1 saturated heterocycles. The molecule has 0 spiro atoms. The number of rotatable bonds is 4. The summed E-state index contributed by atoms with van der Waals surface area (Å²) in [5, 5.41) is 14.2. The molecule has 0 saturated carbocycles. The molecule has 0 amide bonds. The molecule has 0 bridgehead atoms. The van der Waals surface area contributed by atoms with E-state index in [1.54, 1.807) is 12.1 Å². The standard InChI is InChI=1S/C12H15BrN2O3/c13-10-1-2-11(15(16)17)12(7-10)18-8-9-3-5-14-6-4-9/h1-2,7,9,14H,3-6,8H2. The van der Waals surface area contributed by atoms with Crippen molar-refractivity contribution in [1.29, 1.82) is 0 Å². The predicted molar refractivity (Wildman–Crippen MR) is 71.9 cm³/mol. The first-order chi connectivity index (χ1) is 8.66. The summed E-state index contributed by atoms with van der Waals surface area (Å²) in [6.45, 7) is 2.53. The van der Waals surface area contributed by atoms with E-state index in [0.29, 0.717) is 18.3 Å². The maximum absolute atomic E-state index is 10.9. The lowest BCUT2D eigenvalue weighted by Gasteiger charge is -2.22. The topological polar surface area (TPSA) is 64.4 Å². The quantitative estimate of drug-likeness (QED) is 0.685. The molecule has 1 aliphatic heterocycles. The number of benzene rings is 1. The summed E-state index contributed by atoms with van der Waals surface area (Å²) < 4.78 is 6.40. The average Bonchev–Trinajstić information content (AvgIpc) is 2.37. The second kappa shape index (κ2) is 6.15. The molecule has 1 N–H and O–H groups in total. The van der Waals surface area contributed by atoms with E-state index in [9.17, 15) is 10.1 Å². The van der Waals surface area contributed by atoms with Gasteiger partial charge < -0.3 is 10.1 Å². The molecule has 0 aromatic heterocycles. The molecule has 0 atom stereocenters. The summed E-state index contributed by atoms with van der Waals surface area (Å²) in [4.78, 5) is 10.5. The van der Waals surface area contributed by atoms with Crippen LogP contribution >= 0.6 is 15.9 Å². The Kier molecular flexibility index (Phi) is 4.54. The van der Waals surface area contributed by atoms with E-state index in [2.05, 4.69) is 21.2 Å². The average molecular weight is 315 g/mol. The van der Waals surface area contributed by atoms with E-state index >= 15 is 0 Å². The molecule has 1 fully saturated rings. The number of nitro groups is 1. The first-order valence-corrected chi connectivity index (χ1v) is 6.73. The van der Waals surface area contributed by atoms with Gasteiger partial charge in [0.05, 0.1) is 11.5 Å². The van der Waals surface area contributed by atoms with Crippen molar-refractivity contribution in [1.82, 2.24) is 5.32 Å². The summed E-state index contributed by atoms with van der Waals surface area (Å²) in [5.41, 5.74) is 0.0205. The molecule has 1 heterocycles. The Balaban J connectivity index is 2.03. The SMILES string of the molecule is O=[N+]([O-])c1ccc(Br)cc1OCC1CCNCC1. The molecule has 6 heteroatoms. The summed E-state index contributed by atoms with van der Waals surface area (Å²) in [5.74, 6) is 0.817. The third-order valence-corrected chi connectivity index (χ3v) is 3.55. The smallest absolute Gasteiger partial charge is 0.310 e. The fourth-order valence-corrected chi connectivity index (χ4v) is 2.35. The minimum absolute atomic E-state index is 0.0205. The van der Waals surface area contributed by atoms with Crippen LogP contribution in [0.15, 0.2) is 22.7 Å². The van der Waals surface area contributed by atoms with Gasteiger partial charge in [0.25, 0.3) is 0 Å². The first-order valence-electron chi connectivity index (χ1n) is 5.94. The van der Waals surface area contributed by atoms with Crippen molar-refractivity contribution in [2.24, 2.45) is 5.92 Å². The van der Waals surface area contributed by atoms with Crippen LogP contribution in [0.3, 0.4) is 0 Å². The van der Waals surface area contributed by atoms with Crippen LogP contribution in [0.2, 0.25) is 0 Å². The molecular formula is C12H15BrN2O3. The van der Waals surface area contributed by atoms with Crippen molar-refractivity contribution in [2.75, 3.05) is 19.7 Å².